The molecule has 0 amide bonds. The van der Waals surface area contributed by atoms with E-state index in [0.717, 1.165) is 6.42 Å². The first kappa shape index (κ1) is 29.9. The first-order valence-electron chi connectivity index (χ1n) is 4.21. The van der Waals surface area contributed by atoms with Gasteiger partial charge in [0.25, 0.3) is 0 Å². The van der Waals surface area contributed by atoms with E-state index in [1.54, 1.807) is 0 Å². The van der Waals surface area contributed by atoms with Gasteiger partial charge in [-0.3, -0.25) is 6.08 Å². The van der Waals surface area contributed by atoms with Crippen LogP contribution in [0.25, 0.3) is 0 Å². The third-order valence-corrected chi connectivity index (χ3v) is 1.48. The van der Waals surface area contributed by atoms with Gasteiger partial charge in [-0.1, -0.05) is 12.8 Å². The monoisotopic (exact) mass is 321 g/mol. The Kier molecular flexibility index (Phi) is 43.2. The van der Waals surface area contributed by atoms with Gasteiger partial charge in [0.15, 0.2) is 0 Å². The molecule has 0 unspecified atom stereocenters. The van der Waals surface area contributed by atoms with Crippen LogP contribution in [0.4, 0.5) is 0 Å². The summed E-state index contributed by atoms with van der Waals surface area (Å²) < 4.78 is 0. The molecule has 1 aromatic heterocycles. The van der Waals surface area contributed by atoms with Crippen molar-refractivity contribution in [2.45, 2.75) is 19.3 Å². The quantitative estimate of drug-likeness (QED) is 0.527. The van der Waals surface area contributed by atoms with Crippen LogP contribution < -0.4 is 0 Å². The molecule has 0 fully saturated rings. The Morgan fingerprint density at radius 3 is 2.24 bits per heavy atom. The Hall–Kier alpha value is -0.617. The summed E-state index contributed by atoms with van der Waals surface area (Å²) in [6.45, 7) is 0. The van der Waals surface area contributed by atoms with Gasteiger partial charge in [-0.25, -0.2) is 12.2 Å². The molecule has 2 heteroatoms. The third kappa shape index (κ3) is 21.3. The zero-order valence-corrected chi connectivity index (χ0v) is 13.2. The predicted octanol–water partition coefficient (Wildman–Crippen LogP) is 4.70. The molecule has 2 rings (SSSR count). The zero-order chi connectivity index (χ0) is 8.49. The van der Waals surface area contributed by atoms with Crippen LogP contribution in [0.15, 0.2) is 36.6 Å². The van der Waals surface area contributed by atoms with Crippen molar-refractivity contribution in [1.29, 1.82) is 0 Å². The van der Waals surface area contributed by atoms with E-state index in [1.165, 1.54) is 12.8 Å². The standard InChI is InChI=1S/C7H9.C4H4N.4CH3.Ru/c1-2-4-6-7-5-3-1;1-2-4-5-3-1;;;;;/h1-3H,4,6-7H2;1-3,5H;4*1H3;/q6*-1;+6. The molecule has 0 saturated carbocycles. The Bertz CT molecular complexity index is 196. The van der Waals surface area contributed by atoms with Crippen LogP contribution in [0.5, 0.6) is 0 Å². The molecule has 0 radical (unpaired) electrons. The molecule has 1 nitrogen and oxygen atoms in total. The van der Waals surface area contributed by atoms with Gasteiger partial charge in [0.1, 0.15) is 0 Å². The molecular weight excluding hydrogens is 295 g/mol. The van der Waals surface area contributed by atoms with Crippen LogP contribution in [-0.2, 0) is 19.5 Å². The minimum absolute atomic E-state index is 0. The molecule has 1 aliphatic carbocycles. The number of aromatic nitrogens is 1. The molecule has 98 valence electrons. The number of aromatic amines is 1. The number of H-pyrrole nitrogens is 1. The minimum atomic E-state index is 0. The van der Waals surface area contributed by atoms with E-state index in [9.17, 15) is 0 Å². The molecule has 0 spiro atoms. The fourth-order valence-corrected chi connectivity index (χ4v) is 0.878. The van der Waals surface area contributed by atoms with Gasteiger partial charge in [-0.15, -0.1) is 12.6 Å². The van der Waals surface area contributed by atoms with Crippen molar-refractivity contribution in [3.8, 4) is 0 Å². The fraction of sp³-hybridized carbons (Fsp3) is 0.200. The van der Waals surface area contributed by atoms with E-state index in [2.05, 4.69) is 29.4 Å². The number of hydrogen-bond donors (Lipinski definition) is 1. The van der Waals surface area contributed by atoms with Crippen molar-refractivity contribution in [2.75, 3.05) is 0 Å². The maximum Gasteiger partial charge on any atom is 6.00 e. The van der Waals surface area contributed by atoms with Crippen molar-refractivity contribution >= 4 is 0 Å². The first-order valence-corrected chi connectivity index (χ1v) is 4.21. The maximum atomic E-state index is 3.14. The molecule has 0 saturated heterocycles. The average molecular weight is 320 g/mol. The summed E-state index contributed by atoms with van der Waals surface area (Å²) in [5.74, 6) is 0. The number of hydrogen-bond acceptors (Lipinski definition) is 0. The van der Waals surface area contributed by atoms with Crippen molar-refractivity contribution in [1.82, 2.24) is 4.98 Å². The van der Waals surface area contributed by atoms with E-state index in [0.29, 0.717) is 0 Å². The van der Waals surface area contributed by atoms with Crippen LogP contribution in [0.3, 0.4) is 0 Å². The Morgan fingerprint density at radius 2 is 1.76 bits per heavy atom. The molecule has 0 aliphatic heterocycles. The summed E-state index contributed by atoms with van der Waals surface area (Å²) in [4.78, 5) is 2.74. The van der Waals surface area contributed by atoms with Gasteiger partial charge in [-0.05, 0) is 0 Å². The maximum absolute atomic E-state index is 3.14. The second-order valence-electron chi connectivity index (χ2n) is 2.51. The van der Waals surface area contributed by atoms with Crippen LogP contribution in [-0.4, -0.2) is 4.98 Å². The topological polar surface area (TPSA) is 15.8 Å². The van der Waals surface area contributed by atoms with Gasteiger partial charge < -0.3 is 34.7 Å². The summed E-state index contributed by atoms with van der Waals surface area (Å²) >= 11 is 0. The fourth-order valence-electron chi connectivity index (χ4n) is 0.878. The minimum Gasteiger partial charge on any atom is -0.484 e. The second-order valence-corrected chi connectivity index (χ2v) is 2.51. The van der Waals surface area contributed by atoms with Gasteiger partial charge in [0.05, 0.1) is 0 Å². The summed E-state index contributed by atoms with van der Waals surface area (Å²) in [6, 6.07) is 3.71. The molecule has 1 aliphatic rings. The van der Waals surface area contributed by atoms with Gasteiger partial charge >= 0.3 is 19.5 Å². The molecule has 0 atom stereocenters. The van der Waals surface area contributed by atoms with Crippen LogP contribution >= 0.6 is 0 Å². The van der Waals surface area contributed by atoms with Crippen LogP contribution in [0.1, 0.15) is 19.3 Å². The zero-order valence-electron chi connectivity index (χ0n) is 11.4. The molecular formula is C15H25NRu. The summed E-state index contributed by atoms with van der Waals surface area (Å²) in [7, 11) is 0. The van der Waals surface area contributed by atoms with E-state index in [4.69, 9.17) is 0 Å². The molecule has 1 heterocycles. The van der Waals surface area contributed by atoms with E-state index < -0.39 is 0 Å². The van der Waals surface area contributed by atoms with Gasteiger partial charge in [0.2, 0.25) is 0 Å². The third-order valence-electron chi connectivity index (χ3n) is 1.48. The average Bonchev–Trinajstić information content (AvgIpc) is 2.54. The van der Waals surface area contributed by atoms with Crippen molar-refractivity contribution < 1.29 is 19.5 Å². The molecule has 17 heavy (non-hydrogen) atoms. The summed E-state index contributed by atoms with van der Waals surface area (Å²) in [6.07, 6.45) is 17.6. The molecule has 0 aromatic carbocycles. The smallest absolute Gasteiger partial charge is 0.484 e. The second kappa shape index (κ2) is 24.6. The summed E-state index contributed by atoms with van der Waals surface area (Å²) in [5, 5.41) is 0. The van der Waals surface area contributed by atoms with E-state index >= 15 is 0 Å². The van der Waals surface area contributed by atoms with Crippen LogP contribution in [0, 0.1) is 42.0 Å². The van der Waals surface area contributed by atoms with Crippen LogP contribution in [0.2, 0.25) is 0 Å². The van der Waals surface area contributed by atoms with Crippen molar-refractivity contribution in [3.05, 3.63) is 78.5 Å². The first-order chi connectivity index (χ1) is 6.00. The Balaban J connectivity index is -0.0000000447. The molecule has 1 N–H and O–H groups in total. The normalized spacial score (nSPS) is 10.4. The molecule has 1 aromatic rings. The Morgan fingerprint density at radius 1 is 1.06 bits per heavy atom. The summed E-state index contributed by atoms with van der Waals surface area (Å²) in [5.41, 5.74) is 0. The number of nitrogens with one attached hydrogen (secondary N) is 1. The largest absolute Gasteiger partial charge is 6.00 e. The predicted molar refractivity (Wildman–Crippen MR) is 76.1 cm³/mol. The van der Waals surface area contributed by atoms with Crippen molar-refractivity contribution in [2.24, 2.45) is 0 Å². The number of rotatable bonds is 0. The van der Waals surface area contributed by atoms with Crippen molar-refractivity contribution in [3.63, 3.8) is 0 Å². The molecule has 0 bridgehead atoms. The number of allylic oxidation sites excluding steroid dienone is 4. The van der Waals surface area contributed by atoms with Gasteiger partial charge in [0, 0.05) is 0 Å². The van der Waals surface area contributed by atoms with Gasteiger partial charge in [-0.2, -0.15) is 24.4 Å². The Labute approximate surface area is 122 Å². The van der Waals surface area contributed by atoms with E-state index in [1.807, 2.05) is 24.4 Å². The van der Waals surface area contributed by atoms with E-state index in [-0.39, 0.29) is 49.2 Å². The SMILES string of the molecule is [C-]1=CC=CCCC1.[CH3-].[CH3-].[CH3-].[CH3-].[Ru+6].[c-]1ccc[nH]1.